The molecule has 4 rings (SSSR count). The average molecular weight is 417 g/mol. The summed E-state index contributed by atoms with van der Waals surface area (Å²) < 4.78 is 51.4. The number of alkyl halides is 3. The molecule has 1 aromatic heterocycles. The lowest BCUT2D eigenvalue weighted by Crippen LogP contribution is -2.18. The number of carbonyl (C=O) groups excluding carboxylic acids is 1. The van der Waals surface area contributed by atoms with Crippen molar-refractivity contribution >= 4 is 11.7 Å². The van der Waals surface area contributed by atoms with Crippen molar-refractivity contribution in [2.24, 2.45) is 0 Å². The van der Waals surface area contributed by atoms with Crippen LogP contribution in [0.3, 0.4) is 0 Å². The second-order valence-corrected chi connectivity index (χ2v) is 6.83. The third-order valence-electron chi connectivity index (χ3n) is 4.49. The predicted octanol–water partition coefficient (Wildman–Crippen LogP) is 4.15. The molecular formula is C21H18F3N3O3. The fourth-order valence-corrected chi connectivity index (χ4v) is 3.17. The molecule has 1 aliphatic heterocycles. The van der Waals surface area contributed by atoms with Crippen LogP contribution in [0.1, 0.15) is 16.8 Å². The molecule has 3 aromatic rings. The van der Waals surface area contributed by atoms with E-state index in [0.717, 1.165) is 17.7 Å². The van der Waals surface area contributed by atoms with Crippen molar-refractivity contribution in [1.29, 1.82) is 0 Å². The summed E-state index contributed by atoms with van der Waals surface area (Å²) in [6.45, 7) is 2.62. The van der Waals surface area contributed by atoms with Gasteiger partial charge in [-0.2, -0.15) is 18.3 Å². The maximum Gasteiger partial charge on any atom is 0.416 e. The molecule has 0 radical (unpaired) electrons. The topological polar surface area (TPSA) is 65.4 Å². The molecule has 0 atom stereocenters. The molecule has 0 aliphatic carbocycles. The molecule has 6 nitrogen and oxygen atoms in total. The fraction of sp³-hybridized carbons (Fsp3) is 0.238. The Hall–Kier alpha value is -3.49. The quantitative estimate of drug-likeness (QED) is 0.693. The number of halogens is 3. The number of benzene rings is 2. The summed E-state index contributed by atoms with van der Waals surface area (Å²) in [5, 5.41) is 6.94. The minimum atomic E-state index is -4.47. The van der Waals surface area contributed by atoms with Crippen LogP contribution in [0.5, 0.6) is 11.5 Å². The number of ether oxygens (including phenoxy) is 2. The van der Waals surface area contributed by atoms with Crippen LogP contribution in [0.15, 0.2) is 48.5 Å². The average Bonchev–Trinajstić information content (AvgIpc) is 3.07. The maximum atomic E-state index is 13.0. The Labute approximate surface area is 170 Å². The second kappa shape index (κ2) is 7.74. The molecule has 0 spiro atoms. The zero-order chi connectivity index (χ0) is 21.3. The number of anilines is 1. The third kappa shape index (κ3) is 4.24. The van der Waals surface area contributed by atoms with E-state index in [2.05, 4.69) is 10.4 Å². The number of amides is 1. The SMILES string of the molecule is Cc1cc(NC(=O)Cc2ccc3c(c2)OCCO3)n(-c2cccc(C(F)(F)F)c2)n1. The fourth-order valence-electron chi connectivity index (χ4n) is 3.17. The highest BCUT2D eigenvalue weighted by Gasteiger charge is 2.30. The molecule has 0 bridgehead atoms. The summed E-state index contributed by atoms with van der Waals surface area (Å²) in [5.74, 6) is 1.16. The van der Waals surface area contributed by atoms with E-state index >= 15 is 0 Å². The zero-order valence-corrected chi connectivity index (χ0v) is 16.0. The zero-order valence-electron chi connectivity index (χ0n) is 16.0. The number of aromatic nitrogens is 2. The first-order chi connectivity index (χ1) is 14.3. The molecule has 0 fully saturated rings. The molecule has 1 amide bonds. The first-order valence-electron chi connectivity index (χ1n) is 9.22. The van der Waals surface area contributed by atoms with Gasteiger partial charge in [-0.05, 0) is 42.8 Å². The van der Waals surface area contributed by atoms with Gasteiger partial charge in [0.25, 0.3) is 0 Å². The molecule has 9 heteroatoms. The van der Waals surface area contributed by atoms with E-state index in [0.29, 0.717) is 30.4 Å². The standard InChI is InChI=1S/C21H18F3N3O3/c1-13-9-19(27(26-13)16-4-2-3-15(12-16)21(22,23)24)25-20(28)11-14-5-6-17-18(10-14)30-8-7-29-17/h2-6,9-10,12H,7-8,11H2,1H3,(H,25,28). The van der Waals surface area contributed by atoms with Crippen molar-refractivity contribution in [1.82, 2.24) is 9.78 Å². The van der Waals surface area contributed by atoms with E-state index in [1.54, 1.807) is 31.2 Å². The highest BCUT2D eigenvalue weighted by atomic mass is 19.4. The summed E-state index contributed by atoms with van der Waals surface area (Å²) in [4.78, 5) is 12.6. The lowest BCUT2D eigenvalue weighted by molar-refractivity contribution is -0.137. The van der Waals surface area contributed by atoms with Crippen LogP contribution >= 0.6 is 0 Å². The largest absolute Gasteiger partial charge is 0.486 e. The van der Waals surface area contributed by atoms with Crippen molar-refractivity contribution < 1.29 is 27.4 Å². The maximum absolute atomic E-state index is 13.0. The Morgan fingerprint density at radius 2 is 1.87 bits per heavy atom. The first-order valence-corrected chi connectivity index (χ1v) is 9.22. The van der Waals surface area contributed by atoms with Crippen molar-refractivity contribution in [3.8, 4) is 17.2 Å². The second-order valence-electron chi connectivity index (χ2n) is 6.83. The van der Waals surface area contributed by atoms with Crippen molar-refractivity contribution in [2.45, 2.75) is 19.5 Å². The van der Waals surface area contributed by atoms with E-state index in [4.69, 9.17) is 9.47 Å². The first kappa shape index (κ1) is 19.8. The van der Waals surface area contributed by atoms with Gasteiger partial charge in [-0.1, -0.05) is 12.1 Å². The van der Waals surface area contributed by atoms with E-state index in [9.17, 15) is 18.0 Å². The molecule has 2 heterocycles. The highest BCUT2D eigenvalue weighted by molar-refractivity contribution is 5.92. The lowest BCUT2D eigenvalue weighted by Gasteiger charge is -2.18. The molecule has 30 heavy (non-hydrogen) atoms. The number of nitrogens with one attached hydrogen (secondary N) is 1. The van der Waals surface area contributed by atoms with Crippen LogP contribution in [-0.4, -0.2) is 28.9 Å². The van der Waals surface area contributed by atoms with Gasteiger partial charge < -0.3 is 14.8 Å². The summed E-state index contributed by atoms with van der Waals surface area (Å²) in [7, 11) is 0. The molecular weight excluding hydrogens is 399 g/mol. The van der Waals surface area contributed by atoms with Crippen molar-refractivity contribution in [3.63, 3.8) is 0 Å². The van der Waals surface area contributed by atoms with Gasteiger partial charge in [0.05, 0.1) is 23.4 Å². The lowest BCUT2D eigenvalue weighted by atomic mass is 10.1. The Balaban J connectivity index is 1.54. The van der Waals surface area contributed by atoms with Gasteiger partial charge in [0.15, 0.2) is 11.5 Å². The number of hydrogen-bond donors (Lipinski definition) is 1. The van der Waals surface area contributed by atoms with Crippen LogP contribution < -0.4 is 14.8 Å². The highest BCUT2D eigenvalue weighted by Crippen LogP contribution is 2.32. The van der Waals surface area contributed by atoms with E-state index in [1.807, 2.05) is 0 Å². The minimum Gasteiger partial charge on any atom is -0.486 e. The van der Waals surface area contributed by atoms with Crippen molar-refractivity contribution in [3.05, 3.63) is 65.4 Å². The Morgan fingerprint density at radius 3 is 2.63 bits per heavy atom. The summed E-state index contributed by atoms with van der Waals surface area (Å²) >= 11 is 0. The van der Waals surface area contributed by atoms with Crippen molar-refractivity contribution in [2.75, 3.05) is 18.5 Å². The van der Waals surface area contributed by atoms with Crippen LogP contribution in [0.4, 0.5) is 19.0 Å². The molecule has 0 saturated carbocycles. The van der Waals surface area contributed by atoms with Crippen LogP contribution in [0, 0.1) is 6.92 Å². The molecule has 0 unspecified atom stereocenters. The van der Waals surface area contributed by atoms with Gasteiger partial charge in [-0.25, -0.2) is 4.68 Å². The number of aryl methyl sites for hydroxylation is 1. The molecule has 1 aliphatic rings. The summed E-state index contributed by atoms with van der Waals surface area (Å²) in [6, 6.07) is 11.6. The van der Waals surface area contributed by atoms with Crippen LogP contribution in [0.25, 0.3) is 5.69 Å². The van der Waals surface area contributed by atoms with Gasteiger partial charge in [-0.3, -0.25) is 4.79 Å². The van der Waals surface area contributed by atoms with Gasteiger partial charge in [0, 0.05) is 6.07 Å². The Kier molecular flexibility index (Phi) is 5.11. The van der Waals surface area contributed by atoms with E-state index < -0.39 is 11.7 Å². The van der Waals surface area contributed by atoms with Gasteiger partial charge >= 0.3 is 6.18 Å². The Bertz CT molecular complexity index is 1090. The van der Waals surface area contributed by atoms with Crippen LogP contribution in [-0.2, 0) is 17.4 Å². The number of rotatable bonds is 4. The summed E-state index contributed by atoms with van der Waals surface area (Å²) in [6.07, 6.45) is -4.41. The predicted molar refractivity (Wildman–Crippen MR) is 103 cm³/mol. The normalized spacial score (nSPS) is 13.2. The molecule has 2 aromatic carbocycles. The third-order valence-corrected chi connectivity index (χ3v) is 4.49. The monoisotopic (exact) mass is 417 g/mol. The van der Waals surface area contributed by atoms with E-state index in [1.165, 1.54) is 16.8 Å². The summed E-state index contributed by atoms with van der Waals surface area (Å²) in [5.41, 5.74) is 0.690. The number of hydrogen-bond acceptors (Lipinski definition) is 4. The minimum absolute atomic E-state index is 0.0590. The van der Waals surface area contributed by atoms with E-state index in [-0.39, 0.29) is 23.8 Å². The van der Waals surface area contributed by atoms with Crippen LogP contribution in [0.2, 0.25) is 0 Å². The van der Waals surface area contributed by atoms with Gasteiger partial charge in [0.1, 0.15) is 19.0 Å². The molecule has 1 N–H and O–H groups in total. The number of nitrogens with zero attached hydrogens (tertiary/aromatic N) is 2. The van der Waals surface area contributed by atoms with Gasteiger partial charge in [-0.15, -0.1) is 0 Å². The number of fused-ring (bicyclic) bond motifs is 1. The number of carbonyl (C=O) groups is 1. The van der Waals surface area contributed by atoms with Gasteiger partial charge in [0.2, 0.25) is 5.91 Å². The smallest absolute Gasteiger partial charge is 0.416 e. The molecule has 156 valence electrons. The molecule has 0 saturated heterocycles. The Morgan fingerprint density at radius 1 is 1.10 bits per heavy atom.